The van der Waals surface area contributed by atoms with Gasteiger partial charge in [-0.25, -0.2) is 19.9 Å². The molecule has 1 amide bonds. The molecule has 0 saturated heterocycles. The lowest BCUT2D eigenvalue weighted by Crippen LogP contribution is -2.29. The van der Waals surface area contributed by atoms with E-state index >= 15 is 0 Å². The Hall–Kier alpha value is -2.77. The van der Waals surface area contributed by atoms with E-state index in [1.807, 2.05) is 32.0 Å². The molecule has 8 nitrogen and oxygen atoms in total. The van der Waals surface area contributed by atoms with Gasteiger partial charge in [-0.3, -0.25) is 4.79 Å². The number of aromatic nitrogens is 4. The van der Waals surface area contributed by atoms with Crippen LogP contribution < -0.4 is 15.0 Å². The Bertz CT molecular complexity index is 632. The first-order chi connectivity index (χ1) is 10.5. The highest BCUT2D eigenvalue weighted by molar-refractivity contribution is 5.77. The van der Waals surface area contributed by atoms with Crippen LogP contribution >= 0.6 is 0 Å². The summed E-state index contributed by atoms with van der Waals surface area (Å²) in [5.41, 5.74) is 0.844. The molecule has 0 spiro atoms. The molecule has 8 heteroatoms. The summed E-state index contributed by atoms with van der Waals surface area (Å²) < 4.78 is 5.16. The van der Waals surface area contributed by atoms with Crippen LogP contribution in [0.15, 0.2) is 24.5 Å². The van der Waals surface area contributed by atoms with E-state index < -0.39 is 0 Å². The van der Waals surface area contributed by atoms with Crippen LogP contribution in [0.3, 0.4) is 0 Å². The second-order valence-electron chi connectivity index (χ2n) is 4.77. The quantitative estimate of drug-likeness (QED) is 0.822. The van der Waals surface area contributed by atoms with Crippen LogP contribution in [-0.4, -0.2) is 46.5 Å². The molecule has 22 heavy (non-hydrogen) atoms. The number of nitrogens with zero attached hydrogens (tertiary/aromatic N) is 5. The Kier molecular flexibility index (Phi) is 5.18. The molecule has 0 aliphatic carbocycles. The van der Waals surface area contributed by atoms with E-state index in [4.69, 9.17) is 4.74 Å². The van der Waals surface area contributed by atoms with Gasteiger partial charge in [0.05, 0.1) is 6.54 Å². The molecule has 0 bridgehead atoms. The minimum absolute atomic E-state index is 0.156. The fourth-order valence-corrected chi connectivity index (χ4v) is 1.64. The van der Waals surface area contributed by atoms with Gasteiger partial charge in [0.15, 0.2) is 6.61 Å². The van der Waals surface area contributed by atoms with Crippen molar-refractivity contribution in [1.82, 2.24) is 25.3 Å². The topological polar surface area (TPSA) is 93.1 Å². The lowest BCUT2D eigenvalue weighted by Gasteiger charge is -2.13. The number of amides is 1. The summed E-state index contributed by atoms with van der Waals surface area (Å²) in [5, 5.41) is 2.70. The molecule has 0 radical (unpaired) electrons. The first kappa shape index (κ1) is 15.6. The van der Waals surface area contributed by atoms with Crippen molar-refractivity contribution in [1.29, 1.82) is 0 Å². The highest BCUT2D eigenvalue weighted by atomic mass is 16.5. The van der Waals surface area contributed by atoms with Crippen LogP contribution in [0.1, 0.15) is 11.5 Å². The predicted octanol–water partition coefficient (Wildman–Crippen LogP) is 0.336. The molecule has 2 rings (SSSR count). The minimum Gasteiger partial charge on any atom is -0.453 e. The van der Waals surface area contributed by atoms with Gasteiger partial charge in [-0.1, -0.05) is 0 Å². The minimum atomic E-state index is -0.288. The number of carbonyl (C=O) groups is 1. The highest BCUT2D eigenvalue weighted by Gasteiger charge is 2.07. The fourth-order valence-electron chi connectivity index (χ4n) is 1.64. The molecular formula is C14H18N6O2. The van der Waals surface area contributed by atoms with Crippen molar-refractivity contribution in [3.05, 3.63) is 36.0 Å². The van der Waals surface area contributed by atoms with E-state index in [9.17, 15) is 4.79 Å². The number of ether oxygens (including phenoxy) is 1. The summed E-state index contributed by atoms with van der Waals surface area (Å²) in [5.74, 6) is 1.06. The van der Waals surface area contributed by atoms with Crippen molar-refractivity contribution in [2.24, 2.45) is 0 Å². The van der Waals surface area contributed by atoms with Gasteiger partial charge in [0.25, 0.3) is 5.91 Å². The molecule has 0 aliphatic heterocycles. The zero-order chi connectivity index (χ0) is 15.9. The van der Waals surface area contributed by atoms with Crippen molar-refractivity contribution in [2.45, 2.75) is 13.5 Å². The monoisotopic (exact) mass is 302 g/mol. The van der Waals surface area contributed by atoms with Crippen LogP contribution in [-0.2, 0) is 11.3 Å². The van der Waals surface area contributed by atoms with Gasteiger partial charge in [-0.15, -0.1) is 0 Å². The summed E-state index contributed by atoms with van der Waals surface area (Å²) in [4.78, 5) is 30.0. The zero-order valence-corrected chi connectivity index (χ0v) is 12.8. The number of carbonyl (C=O) groups excluding carboxylic acids is 1. The van der Waals surface area contributed by atoms with Gasteiger partial charge in [-0.05, 0) is 13.0 Å². The van der Waals surface area contributed by atoms with Gasteiger partial charge in [0.1, 0.15) is 11.6 Å². The molecule has 2 heterocycles. The fraction of sp³-hybridized carbons (Fsp3) is 0.357. The third kappa shape index (κ3) is 4.65. The molecule has 2 aromatic heterocycles. The first-order valence-corrected chi connectivity index (χ1v) is 6.73. The molecular weight excluding hydrogens is 284 g/mol. The smallest absolute Gasteiger partial charge is 0.316 e. The summed E-state index contributed by atoms with van der Waals surface area (Å²) in [6.45, 7) is 1.96. The van der Waals surface area contributed by atoms with Crippen molar-refractivity contribution in [2.75, 3.05) is 25.6 Å². The van der Waals surface area contributed by atoms with Crippen molar-refractivity contribution < 1.29 is 9.53 Å². The van der Waals surface area contributed by atoms with Crippen LogP contribution in [0.4, 0.5) is 5.82 Å². The van der Waals surface area contributed by atoms with Crippen molar-refractivity contribution in [3.63, 3.8) is 0 Å². The molecule has 0 aromatic carbocycles. The molecule has 0 atom stereocenters. The van der Waals surface area contributed by atoms with E-state index in [-0.39, 0.29) is 25.1 Å². The molecule has 1 N–H and O–H groups in total. The second kappa shape index (κ2) is 7.30. The van der Waals surface area contributed by atoms with E-state index in [0.29, 0.717) is 5.82 Å². The Morgan fingerprint density at radius 2 is 2.00 bits per heavy atom. The maximum atomic E-state index is 11.7. The number of rotatable bonds is 6. The van der Waals surface area contributed by atoms with E-state index in [2.05, 4.69) is 25.3 Å². The van der Waals surface area contributed by atoms with Crippen molar-refractivity contribution >= 4 is 11.7 Å². The maximum Gasteiger partial charge on any atom is 0.316 e. The number of anilines is 1. The summed E-state index contributed by atoms with van der Waals surface area (Å²) >= 11 is 0. The van der Waals surface area contributed by atoms with Gasteiger partial charge in [0, 0.05) is 38.2 Å². The summed E-state index contributed by atoms with van der Waals surface area (Å²) in [6.07, 6.45) is 3.09. The summed E-state index contributed by atoms with van der Waals surface area (Å²) in [6, 6.07) is 3.71. The molecule has 2 aromatic rings. The molecule has 116 valence electrons. The first-order valence-electron chi connectivity index (χ1n) is 6.73. The van der Waals surface area contributed by atoms with E-state index in [0.717, 1.165) is 11.5 Å². The largest absolute Gasteiger partial charge is 0.453 e. The van der Waals surface area contributed by atoms with Gasteiger partial charge in [-0.2, -0.15) is 0 Å². The molecule has 0 unspecified atom stereocenters. The average Bonchev–Trinajstić information content (AvgIpc) is 2.51. The van der Waals surface area contributed by atoms with E-state index in [1.54, 1.807) is 18.5 Å². The van der Waals surface area contributed by atoms with Crippen LogP contribution in [0.2, 0.25) is 0 Å². The van der Waals surface area contributed by atoms with Gasteiger partial charge < -0.3 is 15.0 Å². The zero-order valence-electron chi connectivity index (χ0n) is 12.8. The van der Waals surface area contributed by atoms with Gasteiger partial charge in [0.2, 0.25) is 0 Å². The number of aryl methyl sites for hydroxylation is 1. The van der Waals surface area contributed by atoms with Crippen LogP contribution in [0.5, 0.6) is 6.01 Å². The number of nitrogens with one attached hydrogen (secondary N) is 1. The number of hydrogen-bond donors (Lipinski definition) is 1. The number of hydrogen-bond acceptors (Lipinski definition) is 7. The SMILES string of the molecule is Cc1cc(N(C)C)nc(CNC(=O)COc2ncccn2)n1. The lowest BCUT2D eigenvalue weighted by molar-refractivity contribution is -0.123. The lowest BCUT2D eigenvalue weighted by atomic mass is 10.4. The molecule has 0 saturated carbocycles. The Morgan fingerprint density at radius 3 is 2.68 bits per heavy atom. The predicted molar refractivity (Wildman–Crippen MR) is 80.5 cm³/mol. The third-order valence-electron chi connectivity index (χ3n) is 2.66. The van der Waals surface area contributed by atoms with Crippen molar-refractivity contribution in [3.8, 4) is 6.01 Å². The summed E-state index contributed by atoms with van der Waals surface area (Å²) in [7, 11) is 3.80. The molecule has 0 fully saturated rings. The van der Waals surface area contributed by atoms with Crippen LogP contribution in [0.25, 0.3) is 0 Å². The maximum absolute atomic E-state index is 11.7. The molecule has 0 aliphatic rings. The average molecular weight is 302 g/mol. The van der Waals surface area contributed by atoms with E-state index in [1.165, 1.54) is 0 Å². The Balaban J connectivity index is 1.86. The standard InChI is InChI=1S/C14H18N6O2/c1-10-7-12(20(2)3)19-11(18-10)8-17-13(21)9-22-14-15-5-4-6-16-14/h4-7H,8-9H2,1-3H3,(H,17,21). The Morgan fingerprint density at radius 1 is 1.27 bits per heavy atom. The normalized spacial score (nSPS) is 10.1. The van der Waals surface area contributed by atoms with Crippen LogP contribution in [0, 0.1) is 6.92 Å². The second-order valence-corrected chi connectivity index (χ2v) is 4.77. The Labute approximate surface area is 128 Å². The third-order valence-corrected chi connectivity index (χ3v) is 2.66. The van der Waals surface area contributed by atoms with Gasteiger partial charge >= 0.3 is 6.01 Å². The highest BCUT2D eigenvalue weighted by Crippen LogP contribution is 2.08.